The second-order valence-electron chi connectivity index (χ2n) is 5.54. The van der Waals surface area contributed by atoms with Crippen LogP contribution >= 0.6 is 0 Å². The smallest absolute Gasteiger partial charge is 0.224 e. The number of carbonyl (C=O) groups is 1. The Hall–Kier alpha value is -1.41. The molecule has 1 saturated heterocycles. The third-order valence-electron chi connectivity index (χ3n) is 3.56. The lowest BCUT2D eigenvalue weighted by Crippen LogP contribution is -2.39. The van der Waals surface area contributed by atoms with Crippen molar-refractivity contribution in [3.05, 3.63) is 18.0 Å². The van der Waals surface area contributed by atoms with Gasteiger partial charge in [0.15, 0.2) is 0 Å². The number of carbonyl (C=O) groups excluding carboxylic acids is 1. The van der Waals surface area contributed by atoms with Gasteiger partial charge in [-0.2, -0.15) is 5.10 Å². The summed E-state index contributed by atoms with van der Waals surface area (Å²) in [6.07, 6.45) is 7.00. The summed E-state index contributed by atoms with van der Waals surface area (Å²) >= 11 is 0. The first-order valence-electron chi connectivity index (χ1n) is 7.08. The molecule has 1 aromatic rings. The quantitative estimate of drug-likeness (QED) is 0.808. The van der Waals surface area contributed by atoms with Gasteiger partial charge in [-0.05, 0) is 25.3 Å². The van der Waals surface area contributed by atoms with Gasteiger partial charge in [0.1, 0.15) is 0 Å². The number of amides is 1. The van der Waals surface area contributed by atoms with Crippen LogP contribution in [0.15, 0.2) is 12.4 Å². The van der Waals surface area contributed by atoms with Crippen molar-refractivity contribution in [3.8, 4) is 0 Å². The van der Waals surface area contributed by atoms with Crippen LogP contribution in [0.3, 0.4) is 0 Å². The van der Waals surface area contributed by atoms with Crippen molar-refractivity contribution >= 4 is 15.9 Å². The molecule has 0 unspecified atom stereocenters. The number of aryl methyl sites for hydroxylation is 1. The summed E-state index contributed by atoms with van der Waals surface area (Å²) in [6, 6.07) is 0.148. The Balaban J connectivity index is 1.87. The minimum absolute atomic E-state index is 0.00229. The summed E-state index contributed by atoms with van der Waals surface area (Å²) in [7, 11) is -3.24. The number of nitrogens with one attached hydrogen (secondary N) is 1. The summed E-state index contributed by atoms with van der Waals surface area (Å²) in [6.45, 7) is 3.57. The van der Waals surface area contributed by atoms with E-state index in [1.54, 1.807) is 6.20 Å². The maximum atomic E-state index is 12.2. The first-order valence-corrected chi connectivity index (χ1v) is 8.97. The van der Waals surface area contributed by atoms with Gasteiger partial charge in [0.2, 0.25) is 15.9 Å². The van der Waals surface area contributed by atoms with Crippen LogP contribution in [0, 0.1) is 6.92 Å². The van der Waals surface area contributed by atoms with Crippen LogP contribution in [0.5, 0.6) is 0 Å². The van der Waals surface area contributed by atoms with Crippen LogP contribution in [-0.4, -0.2) is 54.4 Å². The lowest BCUT2D eigenvalue weighted by molar-refractivity contribution is -0.132. The maximum absolute atomic E-state index is 12.2. The molecule has 1 aliphatic heterocycles. The Kier molecular flexibility index (Phi) is 5.00. The second-order valence-corrected chi connectivity index (χ2v) is 7.37. The zero-order valence-corrected chi connectivity index (χ0v) is 13.3. The highest BCUT2D eigenvalue weighted by Crippen LogP contribution is 2.19. The van der Waals surface area contributed by atoms with Gasteiger partial charge in [-0.1, -0.05) is 0 Å². The molecule has 2 rings (SSSR count). The number of hydrogen-bond acceptors (Lipinski definition) is 4. The average molecular weight is 314 g/mol. The normalized spacial score (nSPS) is 19.1. The highest BCUT2D eigenvalue weighted by Gasteiger charge is 2.28. The highest BCUT2D eigenvalue weighted by molar-refractivity contribution is 7.88. The number of aromatic nitrogens is 2. The van der Waals surface area contributed by atoms with Gasteiger partial charge in [0, 0.05) is 25.7 Å². The van der Waals surface area contributed by atoms with Gasteiger partial charge >= 0.3 is 0 Å². The third-order valence-corrected chi connectivity index (χ3v) is 4.29. The second kappa shape index (κ2) is 6.57. The molecule has 8 heteroatoms. The molecule has 0 radical (unpaired) electrons. The van der Waals surface area contributed by atoms with Crippen LogP contribution < -0.4 is 4.72 Å². The monoisotopic (exact) mass is 314 g/mol. The van der Waals surface area contributed by atoms with Crippen molar-refractivity contribution in [3.63, 3.8) is 0 Å². The zero-order chi connectivity index (χ0) is 15.5. The Labute approximate surface area is 125 Å². The van der Waals surface area contributed by atoms with Gasteiger partial charge in [-0.25, -0.2) is 13.1 Å². The Morgan fingerprint density at radius 3 is 2.90 bits per heavy atom. The first kappa shape index (κ1) is 16.0. The van der Waals surface area contributed by atoms with Crippen LogP contribution in [0.4, 0.5) is 0 Å². The van der Waals surface area contributed by atoms with E-state index in [1.165, 1.54) is 0 Å². The summed E-state index contributed by atoms with van der Waals surface area (Å²) in [5, 5.41) is 4.25. The number of sulfonamides is 1. The molecule has 21 heavy (non-hydrogen) atoms. The number of likely N-dealkylation sites (tertiary alicyclic amines) is 1. The summed E-state index contributed by atoms with van der Waals surface area (Å²) in [5.41, 5.74) is 1.10. The standard InChI is InChI=1S/C13H22N4O3S/c1-11-8-14-16(9-11)10-12-4-3-7-17(12)13(18)5-6-15-21(2,19)20/h8-9,12,15H,3-7,10H2,1-2H3/t12-/m0/s1. The van der Waals surface area contributed by atoms with E-state index in [1.807, 2.05) is 22.7 Å². The molecule has 0 saturated carbocycles. The van der Waals surface area contributed by atoms with Crippen LogP contribution in [0.2, 0.25) is 0 Å². The lowest BCUT2D eigenvalue weighted by atomic mass is 10.2. The predicted octanol–water partition coefficient (Wildman–Crippen LogP) is 0.122. The van der Waals surface area contributed by atoms with E-state index >= 15 is 0 Å². The number of nitrogens with zero attached hydrogens (tertiary/aromatic N) is 3. The molecule has 7 nitrogen and oxygen atoms in total. The number of rotatable bonds is 6. The van der Waals surface area contributed by atoms with Crippen molar-refractivity contribution in [2.45, 2.75) is 38.8 Å². The Bertz CT molecular complexity index is 596. The van der Waals surface area contributed by atoms with E-state index in [9.17, 15) is 13.2 Å². The van der Waals surface area contributed by atoms with Crippen molar-refractivity contribution in [2.24, 2.45) is 0 Å². The van der Waals surface area contributed by atoms with Gasteiger partial charge in [-0.3, -0.25) is 9.48 Å². The van der Waals surface area contributed by atoms with Crippen molar-refractivity contribution in [1.82, 2.24) is 19.4 Å². The molecule has 1 aromatic heterocycles. The molecule has 1 aliphatic rings. The van der Waals surface area contributed by atoms with Crippen molar-refractivity contribution in [1.29, 1.82) is 0 Å². The Morgan fingerprint density at radius 2 is 2.29 bits per heavy atom. The lowest BCUT2D eigenvalue weighted by Gasteiger charge is -2.24. The van der Waals surface area contributed by atoms with Gasteiger partial charge < -0.3 is 4.90 Å². The molecule has 0 aliphatic carbocycles. The zero-order valence-electron chi connectivity index (χ0n) is 12.4. The fourth-order valence-electron chi connectivity index (χ4n) is 2.62. The molecule has 0 bridgehead atoms. The molecule has 1 amide bonds. The summed E-state index contributed by atoms with van der Waals surface area (Å²) in [5.74, 6) is -0.00229. The average Bonchev–Trinajstić information content (AvgIpc) is 2.97. The third kappa shape index (κ3) is 4.82. The molecular weight excluding hydrogens is 292 g/mol. The summed E-state index contributed by atoms with van der Waals surface area (Å²) in [4.78, 5) is 14.0. The summed E-state index contributed by atoms with van der Waals surface area (Å²) < 4.78 is 26.2. The maximum Gasteiger partial charge on any atom is 0.224 e. The van der Waals surface area contributed by atoms with E-state index in [4.69, 9.17) is 0 Å². The molecule has 118 valence electrons. The highest BCUT2D eigenvalue weighted by atomic mass is 32.2. The molecular formula is C13H22N4O3S. The van der Waals surface area contributed by atoms with Crippen molar-refractivity contribution in [2.75, 3.05) is 19.3 Å². The predicted molar refractivity (Wildman–Crippen MR) is 79.2 cm³/mol. The molecule has 1 atom stereocenters. The minimum atomic E-state index is -3.24. The topological polar surface area (TPSA) is 84.3 Å². The van der Waals surface area contributed by atoms with Crippen LogP contribution in [0.25, 0.3) is 0 Å². The molecule has 0 spiro atoms. The fourth-order valence-corrected chi connectivity index (χ4v) is 3.10. The van der Waals surface area contributed by atoms with E-state index in [2.05, 4.69) is 9.82 Å². The SMILES string of the molecule is Cc1cnn(C[C@@H]2CCCN2C(=O)CCNS(C)(=O)=O)c1. The molecule has 1 N–H and O–H groups in total. The fraction of sp³-hybridized carbons (Fsp3) is 0.692. The van der Waals surface area contributed by atoms with Crippen LogP contribution in [0.1, 0.15) is 24.8 Å². The molecule has 2 heterocycles. The van der Waals surface area contributed by atoms with Gasteiger partial charge in [0.25, 0.3) is 0 Å². The Morgan fingerprint density at radius 1 is 1.52 bits per heavy atom. The van der Waals surface area contributed by atoms with E-state index < -0.39 is 10.0 Å². The van der Waals surface area contributed by atoms with E-state index in [-0.39, 0.29) is 24.9 Å². The minimum Gasteiger partial charge on any atom is -0.338 e. The largest absolute Gasteiger partial charge is 0.338 e. The molecule has 0 aromatic carbocycles. The number of hydrogen-bond donors (Lipinski definition) is 1. The van der Waals surface area contributed by atoms with E-state index in [0.29, 0.717) is 6.54 Å². The first-order chi connectivity index (χ1) is 9.85. The molecule has 1 fully saturated rings. The van der Waals surface area contributed by atoms with Crippen LogP contribution in [-0.2, 0) is 21.4 Å². The van der Waals surface area contributed by atoms with Gasteiger partial charge in [-0.15, -0.1) is 0 Å². The van der Waals surface area contributed by atoms with Gasteiger partial charge in [0.05, 0.1) is 25.0 Å². The van der Waals surface area contributed by atoms with E-state index in [0.717, 1.165) is 31.2 Å². The van der Waals surface area contributed by atoms with Crippen molar-refractivity contribution < 1.29 is 13.2 Å².